The largest absolute Gasteiger partial charge is 0.508 e. The zero-order chi connectivity index (χ0) is 14.3. The lowest BCUT2D eigenvalue weighted by atomic mass is 10.1. The van der Waals surface area contributed by atoms with E-state index >= 15 is 0 Å². The summed E-state index contributed by atoms with van der Waals surface area (Å²) in [5.41, 5.74) is -0.594. The van der Waals surface area contributed by atoms with Gasteiger partial charge in [0.15, 0.2) is 0 Å². The Hall–Kier alpha value is -2.05. The zero-order valence-electron chi connectivity index (χ0n) is 10.4. The molecule has 0 aromatic heterocycles. The van der Waals surface area contributed by atoms with Gasteiger partial charge in [0.2, 0.25) is 0 Å². The number of hydrogen-bond acceptors (Lipinski definition) is 5. The number of ether oxygens (including phenoxy) is 2. The molecule has 0 rings (SSSR count). The van der Waals surface area contributed by atoms with Crippen LogP contribution >= 0.6 is 0 Å². The minimum absolute atomic E-state index is 0.194. The molecule has 0 aliphatic carbocycles. The van der Waals surface area contributed by atoms with Gasteiger partial charge >= 0.3 is 18.1 Å². The lowest BCUT2D eigenvalue weighted by Gasteiger charge is -2.09. The van der Waals surface area contributed by atoms with Gasteiger partial charge in [-0.05, 0) is 20.8 Å². The van der Waals surface area contributed by atoms with Crippen LogP contribution in [0.4, 0.5) is 4.79 Å². The molecule has 0 unspecified atom stereocenters. The molecule has 0 bridgehead atoms. The van der Waals surface area contributed by atoms with Crippen LogP contribution in [0.1, 0.15) is 27.2 Å². The summed E-state index contributed by atoms with van der Waals surface area (Å²) >= 11 is 0. The number of carboxylic acid groups (broad SMARTS) is 2. The standard InChI is InChI=1S/C11H16O7/c1-6(2)18-11(16)17-5-4-8(10(14)15)7(3)9(12)13/h6H,4-5H2,1-3H3,(H,12,13)(H,14,15)/b8-7+. The van der Waals surface area contributed by atoms with E-state index in [1.165, 1.54) is 6.92 Å². The third-order valence-corrected chi connectivity index (χ3v) is 1.94. The summed E-state index contributed by atoms with van der Waals surface area (Å²) < 4.78 is 9.27. The molecular weight excluding hydrogens is 244 g/mol. The monoisotopic (exact) mass is 260 g/mol. The van der Waals surface area contributed by atoms with E-state index in [9.17, 15) is 14.4 Å². The summed E-state index contributed by atoms with van der Waals surface area (Å²) in [6, 6.07) is 0. The first-order chi connectivity index (χ1) is 8.25. The van der Waals surface area contributed by atoms with Crippen molar-refractivity contribution in [2.75, 3.05) is 6.61 Å². The first-order valence-corrected chi connectivity index (χ1v) is 5.25. The molecule has 0 spiro atoms. The maximum atomic E-state index is 11.0. The van der Waals surface area contributed by atoms with Gasteiger partial charge in [0, 0.05) is 12.0 Å². The normalized spacial score (nSPS) is 11.8. The Bertz CT molecular complexity index is 368. The lowest BCUT2D eigenvalue weighted by molar-refractivity contribution is -0.136. The first-order valence-electron chi connectivity index (χ1n) is 5.25. The van der Waals surface area contributed by atoms with Crippen LogP contribution in [0.2, 0.25) is 0 Å². The van der Waals surface area contributed by atoms with Crippen LogP contribution in [-0.2, 0) is 19.1 Å². The van der Waals surface area contributed by atoms with Gasteiger partial charge in [-0.2, -0.15) is 0 Å². The van der Waals surface area contributed by atoms with E-state index in [-0.39, 0.29) is 30.3 Å². The highest BCUT2D eigenvalue weighted by atomic mass is 16.7. The summed E-state index contributed by atoms with van der Waals surface area (Å²) in [6.45, 7) is 4.20. The molecule has 0 aliphatic heterocycles. The maximum absolute atomic E-state index is 11.0. The lowest BCUT2D eigenvalue weighted by Crippen LogP contribution is -2.16. The predicted octanol–water partition coefficient (Wildman–Crippen LogP) is 1.42. The van der Waals surface area contributed by atoms with Crippen LogP contribution in [0, 0.1) is 0 Å². The fourth-order valence-corrected chi connectivity index (χ4v) is 1.05. The van der Waals surface area contributed by atoms with Crippen LogP contribution < -0.4 is 0 Å². The van der Waals surface area contributed by atoms with Crippen molar-refractivity contribution in [2.24, 2.45) is 0 Å². The van der Waals surface area contributed by atoms with Gasteiger partial charge < -0.3 is 19.7 Å². The van der Waals surface area contributed by atoms with E-state index in [1.54, 1.807) is 13.8 Å². The molecule has 7 nitrogen and oxygen atoms in total. The molecule has 0 atom stereocenters. The first kappa shape index (κ1) is 16.0. The minimum atomic E-state index is -1.35. The smallest absolute Gasteiger partial charge is 0.478 e. The molecule has 0 amide bonds. The topological polar surface area (TPSA) is 110 Å². The fourth-order valence-electron chi connectivity index (χ4n) is 1.05. The van der Waals surface area contributed by atoms with E-state index in [0.29, 0.717) is 0 Å². The summed E-state index contributed by atoms with van der Waals surface area (Å²) in [5.74, 6) is -2.67. The van der Waals surface area contributed by atoms with Gasteiger partial charge in [-0.1, -0.05) is 0 Å². The van der Waals surface area contributed by atoms with Crippen LogP contribution in [0.15, 0.2) is 11.1 Å². The van der Waals surface area contributed by atoms with E-state index in [1.807, 2.05) is 0 Å². The number of carbonyl (C=O) groups is 3. The van der Waals surface area contributed by atoms with Gasteiger partial charge in [0.25, 0.3) is 0 Å². The number of carbonyl (C=O) groups excluding carboxylic acids is 1. The van der Waals surface area contributed by atoms with Crippen molar-refractivity contribution in [1.29, 1.82) is 0 Å². The van der Waals surface area contributed by atoms with Crippen LogP contribution in [0.25, 0.3) is 0 Å². The molecule has 0 saturated heterocycles. The van der Waals surface area contributed by atoms with Crippen molar-refractivity contribution < 1.29 is 34.1 Å². The van der Waals surface area contributed by atoms with Crippen molar-refractivity contribution in [3.63, 3.8) is 0 Å². The van der Waals surface area contributed by atoms with Crippen molar-refractivity contribution >= 4 is 18.1 Å². The van der Waals surface area contributed by atoms with Gasteiger partial charge in [-0.15, -0.1) is 0 Å². The van der Waals surface area contributed by atoms with Crippen LogP contribution in [-0.4, -0.2) is 41.0 Å². The van der Waals surface area contributed by atoms with Crippen LogP contribution in [0.3, 0.4) is 0 Å². The molecule has 2 N–H and O–H groups in total. The highest BCUT2D eigenvalue weighted by Crippen LogP contribution is 2.10. The molecule has 0 saturated carbocycles. The molecule has 18 heavy (non-hydrogen) atoms. The van der Waals surface area contributed by atoms with Gasteiger partial charge in [-0.25, -0.2) is 14.4 Å². The number of hydrogen-bond donors (Lipinski definition) is 2. The fraction of sp³-hybridized carbons (Fsp3) is 0.545. The molecule has 7 heteroatoms. The third-order valence-electron chi connectivity index (χ3n) is 1.94. The average Bonchev–Trinajstić information content (AvgIpc) is 2.21. The second-order valence-electron chi connectivity index (χ2n) is 3.73. The van der Waals surface area contributed by atoms with Crippen molar-refractivity contribution in [2.45, 2.75) is 33.3 Å². The molecule has 0 aliphatic rings. The molecule has 0 fully saturated rings. The maximum Gasteiger partial charge on any atom is 0.508 e. The van der Waals surface area contributed by atoms with Gasteiger partial charge in [0.05, 0.1) is 18.3 Å². The second-order valence-corrected chi connectivity index (χ2v) is 3.73. The molecule has 0 aromatic rings. The molecular formula is C11H16O7. The molecule has 0 heterocycles. The SMILES string of the molecule is C/C(C(=O)O)=C(/CCOC(=O)OC(C)C)C(=O)O. The molecule has 102 valence electrons. The zero-order valence-corrected chi connectivity index (χ0v) is 10.4. The van der Waals surface area contributed by atoms with E-state index in [2.05, 4.69) is 9.47 Å². The second kappa shape index (κ2) is 7.31. The Morgan fingerprint density at radius 2 is 1.67 bits per heavy atom. The average molecular weight is 260 g/mol. The van der Waals surface area contributed by atoms with Gasteiger partial charge in [0.1, 0.15) is 0 Å². The Labute approximate surface area is 104 Å². The van der Waals surface area contributed by atoms with E-state index < -0.39 is 18.1 Å². The Morgan fingerprint density at radius 1 is 1.11 bits per heavy atom. The Morgan fingerprint density at radius 3 is 2.06 bits per heavy atom. The summed E-state index contributed by atoms with van der Waals surface area (Å²) in [6.07, 6.45) is -1.45. The number of rotatable bonds is 6. The van der Waals surface area contributed by atoms with Crippen LogP contribution in [0.5, 0.6) is 0 Å². The quantitative estimate of drug-likeness (QED) is 0.548. The van der Waals surface area contributed by atoms with Crippen molar-refractivity contribution in [3.8, 4) is 0 Å². The highest BCUT2D eigenvalue weighted by Gasteiger charge is 2.17. The summed E-state index contributed by atoms with van der Waals surface area (Å²) in [7, 11) is 0. The van der Waals surface area contributed by atoms with Gasteiger partial charge in [-0.3, -0.25) is 0 Å². The molecule has 0 radical (unpaired) electrons. The predicted molar refractivity (Wildman–Crippen MR) is 60.2 cm³/mol. The number of carboxylic acids is 2. The summed E-state index contributed by atoms with van der Waals surface area (Å²) in [5, 5.41) is 17.5. The Kier molecular flexibility index (Phi) is 6.48. The Balaban J connectivity index is 4.41. The molecule has 0 aromatic carbocycles. The highest BCUT2D eigenvalue weighted by molar-refractivity contribution is 5.98. The van der Waals surface area contributed by atoms with Crippen molar-refractivity contribution in [3.05, 3.63) is 11.1 Å². The minimum Gasteiger partial charge on any atom is -0.478 e. The van der Waals surface area contributed by atoms with Crippen molar-refractivity contribution in [1.82, 2.24) is 0 Å². The van der Waals surface area contributed by atoms with E-state index in [4.69, 9.17) is 10.2 Å². The van der Waals surface area contributed by atoms with E-state index in [0.717, 1.165) is 0 Å². The number of aliphatic carboxylic acids is 2. The summed E-state index contributed by atoms with van der Waals surface area (Å²) in [4.78, 5) is 32.4. The third kappa shape index (κ3) is 5.88.